The van der Waals surface area contributed by atoms with Gasteiger partial charge in [0, 0.05) is 44.6 Å². The van der Waals surface area contributed by atoms with Crippen LogP contribution in [0.3, 0.4) is 0 Å². The van der Waals surface area contributed by atoms with Crippen molar-refractivity contribution in [1.82, 2.24) is 24.4 Å². The fraction of sp³-hybridized carbons (Fsp3) is 0.684. The number of likely N-dealkylation sites (tertiary alicyclic amines) is 1. The summed E-state index contributed by atoms with van der Waals surface area (Å²) in [6.45, 7) is 1.54. The minimum atomic E-state index is -0.0844. The van der Waals surface area contributed by atoms with Crippen molar-refractivity contribution in [1.29, 1.82) is 0 Å². The molecule has 3 aliphatic rings. The van der Waals surface area contributed by atoms with Gasteiger partial charge in [0.25, 0.3) is 5.56 Å². The van der Waals surface area contributed by atoms with E-state index in [-0.39, 0.29) is 11.5 Å². The average molecular weight is 388 g/mol. The Morgan fingerprint density at radius 3 is 2.81 bits per heavy atom. The highest BCUT2D eigenvalue weighted by molar-refractivity contribution is 7.16. The van der Waals surface area contributed by atoms with Gasteiger partial charge in [-0.3, -0.25) is 14.5 Å². The Labute approximate surface area is 162 Å². The summed E-state index contributed by atoms with van der Waals surface area (Å²) < 4.78 is 1.45. The summed E-state index contributed by atoms with van der Waals surface area (Å²) in [5.74, 6) is 1.91. The van der Waals surface area contributed by atoms with Gasteiger partial charge in [-0.05, 0) is 44.6 Å². The monoisotopic (exact) mass is 387 g/mol. The maximum Gasteiger partial charge on any atom is 0.275 e. The topological polar surface area (TPSA) is 70.8 Å². The molecule has 8 heteroatoms. The highest BCUT2D eigenvalue weighted by atomic mass is 32.1. The zero-order valence-electron chi connectivity index (χ0n) is 15.8. The van der Waals surface area contributed by atoms with Gasteiger partial charge in [0.15, 0.2) is 0 Å². The van der Waals surface area contributed by atoms with Crippen molar-refractivity contribution in [3.63, 3.8) is 0 Å². The molecule has 1 amide bonds. The summed E-state index contributed by atoms with van der Waals surface area (Å²) in [6, 6.07) is 2.07. The number of nitrogens with zero attached hydrogens (tertiary/aromatic N) is 5. The van der Waals surface area contributed by atoms with Gasteiger partial charge in [0.2, 0.25) is 10.9 Å². The van der Waals surface area contributed by atoms with E-state index in [2.05, 4.69) is 17.0 Å². The summed E-state index contributed by atoms with van der Waals surface area (Å²) in [7, 11) is 4.02. The van der Waals surface area contributed by atoms with Crippen molar-refractivity contribution >= 4 is 22.2 Å². The molecule has 2 aromatic heterocycles. The fourth-order valence-corrected chi connectivity index (χ4v) is 5.77. The molecule has 3 fully saturated rings. The highest BCUT2D eigenvalue weighted by Crippen LogP contribution is 2.42. The molecule has 2 aromatic rings. The standard InChI is InChI=1S/C19H25N5O2S/c1-22(15-5-12-7-16(25)23(2)9-13(12)6-15)10-14-8-17(26)24-19(20-14)27-18(21-24)11-3-4-11/h8,11-13,15H,3-7,9-10H2,1-2H3/t12-,13+,15-/m1/s1. The van der Waals surface area contributed by atoms with Crippen molar-refractivity contribution in [2.45, 2.75) is 50.6 Å². The molecular formula is C19H25N5O2S. The van der Waals surface area contributed by atoms with Gasteiger partial charge in [-0.15, -0.1) is 0 Å². The fourth-order valence-electron chi connectivity index (χ4n) is 4.68. The Morgan fingerprint density at radius 2 is 2.04 bits per heavy atom. The maximum absolute atomic E-state index is 12.4. The van der Waals surface area contributed by atoms with Gasteiger partial charge in [0.1, 0.15) is 5.01 Å². The summed E-state index contributed by atoms with van der Waals surface area (Å²) in [5, 5.41) is 5.49. The van der Waals surface area contributed by atoms with Crippen molar-refractivity contribution < 1.29 is 4.79 Å². The van der Waals surface area contributed by atoms with E-state index in [0.717, 1.165) is 30.1 Å². The predicted octanol–water partition coefficient (Wildman–Crippen LogP) is 1.72. The molecule has 0 radical (unpaired) electrons. The minimum Gasteiger partial charge on any atom is -0.345 e. The van der Waals surface area contributed by atoms with Crippen LogP contribution in [0.15, 0.2) is 10.9 Å². The SMILES string of the molecule is CN1C[C@@H]2C[C@H](N(C)Cc3cc(=O)n4nc(C5CC5)sc4n3)C[C@@H]2CC1=O. The van der Waals surface area contributed by atoms with Crippen LogP contribution in [0.1, 0.15) is 48.7 Å². The van der Waals surface area contributed by atoms with E-state index in [4.69, 9.17) is 4.98 Å². The molecule has 7 nitrogen and oxygen atoms in total. The van der Waals surface area contributed by atoms with Gasteiger partial charge in [-0.25, -0.2) is 4.98 Å². The zero-order chi connectivity index (χ0) is 18.7. The first-order valence-corrected chi connectivity index (χ1v) is 10.6. The molecule has 1 aliphatic heterocycles. The van der Waals surface area contributed by atoms with Crippen LogP contribution in [0.25, 0.3) is 4.96 Å². The van der Waals surface area contributed by atoms with Crippen LogP contribution >= 0.6 is 11.3 Å². The number of carbonyl (C=O) groups is 1. The lowest BCUT2D eigenvalue weighted by Gasteiger charge is -2.31. The molecule has 1 saturated heterocycles. The first-order chi connectivity index (χ1) is 13.0. The van der Waals surface area contributed by atoms with E-state index in [1.807, 2.05) is 11.9 Å². The third kappa shape index (κ3) is 3.18. The molecule has 0 aromatic carbocycles. The lowest BCUT2D eigenvalue weighted by Crippen LogP contribution is -2.39. The Bertz CT molecular complexity index is 949. The van der Waals surface area contributed by atoms with Crippen LogP contribution in [0.5, 0.6) is 0 Å². The van der Waals surface area contributed by atoms with Gasteiger partial charge in [0.05, 0.1) is 5.69 Å². The second-order valence-corrected chi connectivity index (χ2v) is 9.52. The van der Waals surface area contributed by atoms with E-state index in [1.54, 1.807) is 17.4 Å². The smallest absolute Gasteiger partial charge is 0.275 e. The van der Waals surface area contributed by atoms with Gasteiger partial charge in [-0.2, -0.15) is 9.61 Å². The molecule has 3 atom stereocenters. The first-order valence-electron chi connectivity index (χ1n) is 9.82. The summed E-state index contributed by atoms with van der Waals surface area (Å²) in [6.07, 6.45) is 5.21. The Balaban J connectivity index is 1.31. The number of amides is 1. The molecular weight excluding hydrogens is 362 g/mol. The van der Waals surface area contributed by atoms with Crippen LogP contribution in [-0.4, -0.2) is 57.0 Å². The molecule has 2 aliphatic carbocycles. The molecule has 27 heavy (non-hydrogen) atoms. The van der Waals surface area contributed by atoms with E-state index in [0.29, 0.717) is 41.7 Å². The second kappa shape index (κ2) is 6.38. The number of hydrogen-bond donors (Lipinski definition) is 0. The summed E-state index contributed by atoms with van der Waals surface area (Å²) >= 11 is 1.55. The van der Waals surface area contributed by atoms with Gasteiger partial charge >= 0.3 is 0 Å². The average Bonchev–Trinajstić information content (AvgIpc) is 3.25. The third-order valence-electron chi connectivity index (χ3n) is 6.46. The van der Waals surface area contributed by atoms with Crippen LogP contribution in [-0.2, 0) is 11.3 Å². The van der Waals surface area contributed by atoms with Gasteiger partial charge < -0.3 is 4.90 Å². The molecule has 0 spiro atoms. The van der Waals surface area contributed by atoms with Crippen LogP contribution in [0.4, 0.5) is 0 Å². The lowest BCUT2D eigenvalue weighted by molar-refractivity contribution is -0.134. The number of aromatic nitrogens is 3. The van der Waals surface area contributed by atoms with E-state index in [1.165, 1.54) is 17.4 Å². The van der Waals surface area contributed by atoms with E-state index < -0.39 is 0 Å². The number of piperidine rings is 1. The van der Waals surface area contributed by atoms with Crippen LogP contribution in [0, 0.1) is 11.8 Å². The molecule has 5 rings (SSSR count). The van der Waals surface area contributed by atoms with Crippen LogP contribution < -0.4 is 5.56 Å². The zero-order valence-corrected chi connectivity index (χ0v) is 16.6. The largest absolute Gasteiger partial charge is 0.345 e. The van der Waals surface area contributed by atoms with Crippen molar-refractivity contribution in [3.05, 3.63) is 27.1 Å². The summed E-state index contributed by atoms with van der Waals surface area (Å²) in [4.78, 5) is 34.0. The molecule has 0 bridgehead atoms. The van der Waals surface area contributed by atoms with Crippen molar-refractivity contribution in [3.8, 4) is 0 Å². The third-order valence-corrected chi connectivity index (χ3v) is 7.53. The second-order valence-electron chi connectivity index (χ2n) is 8.53. The Morgan fingerprint density at radius 1 is 1.26 bits per heavy atom. The van der Waals surface area contributed by atoms with Crippen LogP contribution in [0.2, 0.25) is 0 Å². The lowest BCUT2D eigenvalue weighted by atomic mass is 9.88. The first kappa shape index (κ1) is 17.3. The summed E-state index contributed by atoms with van der Waals surface area (Å²) in [5.41, 5.74) is 0.732. The molecule has 2 saturated carbocycles. The molecule has 0 unspecified atom stereocenters. The number of hydrogen-bond acceptors (Lipinski definition) is 6. The predicted molar refractivity (Wildman–Crippen MR) is 103 cm³/mol. The van der Waals surface area contributed by atoms with E-state index in [9.17, 15) is 9.59 Å². The number of rotatable bonds is 4. The maximum atomic E-state index is 12.4. The minimum absolute atomic E-state index is 0.0844. The highest BCUT2D eigenvalue weighted by Gasteiger charge is 2.41. The number of carbonyl (C=O) groups excluding carboxylic acids is 1. The Kier molecular flexibility index (Phi) is 4.09. The normalized spacial score (nSPS) is 28.3. The van der Waals surface area contributed by atoms with Gasteiger partial charge in [-0.1, -0.05) is 11.3 Å². The number of fused-ring (bicyclic) bond motifs is 2. The quantitative estimate of drug-likeness (QED) is 0.799. The van der Waals surface area contributed by atoms with Crippen molar-refractivity contribution in [2.24, 2.45) is 11.8 Å². The van der Waals surface area contributed by atoms with Crippen molar-refractivity contribution in [2.75, 3.05) is 20.6 Å². The molecule has 0 N–H and O–H groups in total. The van der Waals surface area contributed by atoms with E-state index >= 15 is 0 Å². The molecule has 144 valence electrons. The Hall–Kier alpha value is -1.80. The molecule has 3 heterocycles.